The predicted molar refractivity (Wildman–Crippen MR) is 54.3 cm³/mol. The van der Waals surface area contributed by atoms with Gasteiger partial charge in [0.2, 0.25) is 0 Å². The lowest BCUT2D eigenvalue weighted by molar-refractivity contribution is 0.0484. The summed E-state index contributed by atoms with van der Waals surface area (Å²) in [7, 11) is 1.57. The van der Waals surface area contributed by atoms with Gasteiger partial charge in [-0.15, -0.1) is 0 Å². The van der Waals surface area contributed by atoms with Gasteiger partial charge in [-0.25, -0.2) is 0 Å². The van der Waals surface area contributed by atoms with Crippen LogP contribution in [-0.2, 0) is 4.74 Å². The normalized spacial score (nSPS) is 12.6. The lowest BCUT2D eigenvalue weighted by Crippen LogP contribution is -2.03. The zero-order valence-corrected chi connectivity index (χ0v) is 8.78. The van der Waals surface area contributed by atoms with Crippen LogP contribution in [0.15, 0.2) is 18.2 Å². The molecule has 0 saturated heterocycles. The minimum absolute atomic E-state index is 0.197. The van der Waals surface area contributed by atoms with Crippen molar-refractivity contribution in [1.29, 1.82) is 0 Å². The Morgan fingerprint density at radius 1 is 1.43 bits per heavy atom. The molecule has 1 rings (SSSR count). The molecule has 3 heteroatoms. The number of ether oxygens (including phenoxy) is 2. The minimum Gasteiger partial charge on any atom is -0.467 e. The summed E-state index contributed by atoms with van der Waals surface area (Å²) < 4.78 is 10.1. The molecule has 0 aliphatic carbocycles. The summed E-state index contributed by atoms with van der Waals surface area (Å²) in [6, 6.07) is 5.70. The maximum absolute atomic E-state index is 9.51. The molecule has 14 heavy (non-hydrogen) atoms. The second-order valence-electron chi connectivity index (χ2n) is 3.27. The lowest BCUT2D eigenvalue weighted by Gasteiger charge is -2.13. The molecule has 0 bridgehead atoms. The van der Waals surface area contributed by atoms with Gasteiger partial charge in [0, 0.05) is 12.7 Å². The topological polar surface area (TPSA) is 38.7 Å². The average molecular weight is 196 g/mol. The number of benzene rings is 1. The second-order valence-corrected chi connectivity index (χ2v) is 3.27. The molecule has 1 atom stereocenters. The summed E-state index contributed by atoms with van der Waals surface area (Å²) in [5, 5.41) is 9.51. The third-order valence-electron chi connectivity index (χ3n) is 1.95. The summed E-state index contributed by atoms with van der Waals surface area (Å²) in [5.41, 5.74) is 1.90. The quantitative estimate of drug-likeness (QED) is 0.749. The number of hydrogen-bond donors (Lipinski definition) is 1. The van der Waals surface area contributed by atoms with E-state index in [0.717, 1.165) is 11.1 Å². The van der Waals surface area contributed by atoms with Crippen LogP contribution in [0, 0.1) is 6.92 Å². The van der Waals surface area contributed by atoms with E-state index in [1.54, 1.807) is 14.0 Å². The van der Waals surface area contributed by atoms with Crippen molar-refractivity contribution in [2.45, 2.75) is 20.0 Å². The Labute approximate surface area is 84.3 Å². The van der Waals surface area contributed by atoms with Gasteiger partial charge in [0.25, 0.3) is 0 Å². The maximum atomic E-state index is 9.51. The van der Waals surface area contributed by atoms with Gasteiger partial charge in [0.05, 0.1) is 6.10 Å². The number of methoxy groups -OCH3 is 1. The molecule has 1 N–H and O–H groups in total. The van der Waals surface area contributed by atoms with Crippen molar-refractivity contribution < 1.29 is 14.6 Å². The van der Waals surface area contributed by atoms with Gasteiger partial charge in [0.1, 0.15) is 5.75 Å². The first-order valence-corrected chi connectivity index (χ1v) is 4.55. The first-order chi connectivity index (χ1) is 6.65. The van der Waals surface area contributed by atoms with Crippen LogP contribution in [0.5, 0.6) is 5.75 Å². The number of aliphatic hydroxyl groups excluding tert-OH is 1. The van der Waals surface area contributed by atoms with E-state index in [2.05, 4.69) is 0 Å². The zero-order valence-electron chi connectivity index (χ0n) is 8.78. The highest BCUT2D eigenvalue weighted by molar-refractivity contribution is 5.38. The Kier molecular flexibility index (Phi) is 3.92. The van der Waals surface area contributed by atoms with Crippen LogP contribution in [0.1, 0.15) is 24.2 Å². The van der Waals surface area contributed by atoms with Crippen molar-refractivity contribution in [2.24, 2.45) is 0 Å². The molecule has 3 nitrogen and oxygen atoms in total. The van der Waals surface area contributed by atoms with Crippen molar-refractivity contribution in [3.63, 3.8) is 0 Å². The predicted octanol–water partition coefficient (Wildman–Crippen LogP) is 2.03. The van der Waals surface area contributed by atoms with Gasteiger partial charge in [-0.3, -0.25) is 0 Å². The summed E-state index contributed by atoms with van der Waals surface area (Å²) in [6.45, 7) is 3.89. The van der Waals surface area contributed by atoms with Gasteiger partial charge in [-0.1, -0.05) is 11.6 Å². The summed E-state index contributed by atoms with van der Waals surface area (Å²) in [5.74, 6) is 0.674. The van der Waals surface area contributed by atoms with Crippen molar-refractivity contribution in [3.8, 4) is 5.75 Å². The van der Waals surface area contributed by atoms with Crippen LogP contribution >= 0.6 is 0 Å². The number of hydrogen-bond acceptors (Lipinski definition) is 3. The van der Waals surface area contributed by atoms with E-state index in [4.69, 9.17) is 9.47 Å². The number of aliphatic hydroxyl groups is 1. The fraction of sp³-hybridized carbons (Fsp3) is 0.455. The first-order valence-electron chi connectivity index (χ1n) is 4.55. The van der Waals surface area contributed by atoms with Crippen LogP contribution < -0.4 is 4.74 Å². The Hall–Kier alpha value is -1.06. The maximum Gasteiger partial charge on any atom is 0.188 e. The summed E-state index contributed by atoms with van der Waals surface area (Å²) in [6.07, 6.45) is -0.526. The highest BCUT2D eigenvalue weighted by Gasteiger charge is 2.08. The molecule has 0 amide bonds. The van der Waals surface area contributed by atoms with Crippen molar-refractivity contribution in [2.75, 3.05) is 13.9 Å². The van der Waals surface area contributed by atoms with Crippen LogP contribution in [0.3, 0.4) is 0 Å². The fourth-order valence-corrected chi connectivity index (χ4v) is 1.25. The van der Waals surface area contributed by atoms with Crippen LogP contribution in [0.2, 0.25) is 0 Å². The van der Waals surface area contributed by atoms with Crippen molar-refractivity contribution in [3.05, 3.63) is 29.3 Å². The molecule has 1 unspecified atom stereocenters. The van der Waals surface area contributed by atoms with E-state index in [0.29, 0.717) is 5.75 Å². The summed E-state index contributed by atoms with van der Waals surface area (Å²) in [4.78, 5) is 0. The van der Waals surface area contributed by atoms with Crippen molar-refractivity contribution in [1.82, 2.24) is 0 Å². The SMILES string of the molecule is COCOc1ccc(C)cc1C(C)O. The summed E-state index contributed by atoms with van der Waals surface area (Å²) >= 11 is 0. The van der Waals surface area contributed by atoms with E-state index in [-0.39, 0.29) is 6.79 Å². The Bertz CT molecular complexity index is 295. The third-order valence-corrected chi connectivity index (χ3v) is 1.95. The Morgan fingerprint density at radius 3 is 2.71 bits per heavy atom. The monoisotopic (exact) mass is 196 g/mol. The smallest absolute Gasteiger partial charge is 0.188 e. The molecule has 0 aliphatic heterocycles. The highest BCUT2D eigenvalue weighted by atomic mass is 16.7. The van der Waals surface area contributed by atoms with Gasteiger partial charge in [-0.2, -0.15) is 0 Å². The first kappa shape index (κ1) is 11.0. The van der Waals surface area contributed by atoms with E-state index >= 15 is 0 Å². The number of aryl methyl sites for hydroxylation is 1. The van der Waals surface area contributed by atoms with Crippen LogP contribution in [0.25, 0.3) is 0 Å². The van der Waals surface area contributed by atoms with Crippen molar-refractivity contribution >= 4 is 0 Å². The molecule has 1 aromatic rings. The third kappa shape index (κ3) is 2.72. The second kappa shape index (κ2) is 4.98. The molecule has 0 fully saturated rings. The molecule has 1 aromatic carbocycles. The molecule has 0 aliphatic rings. The highest BCUT2D eigenvalue weighted by Crippen LogP contribution is 2.26. The number of rotatable bonds is 4. The van der Waals surface area contributed by atoms with Gasteiger partial charge >= 0.3 is 0 Å². The standard InChI is InChI=1S/C11H16O3/c1-8-4-5-11(14-7-13-3)10(6-8)9(2)12/h4-6,9,12H,7H2,1-3H3. The largest absolute Gasteiger partial charge is 0.467 e. The molecular formula is C11H16O3. The fourth-order valence-electron chi connectivity index (χ4n) is 1.25. The van der Waals surface area contributed by atoms with E-state index < -0.39 is 6.10 Å². The molecule has 78 valence electrons. The lowest BCUT2D eigenvalue weighted by atomic mass is 10.1. The van der Waals surface area contributed by atoms with Crippen LogP contribution in [-0.4, -0.2) is 19.0 Å². The molecular weight excluding hydrogens is 180 g/mol. The molecule has 0 saturated carbocycles. The Morgan fingerprint density at radius 2 is 2.14 bits per heavy atom. The Balaban J connectivity index is 2.90. The molecule has 0 heterocycles. The van der Waals surface area contributed by atoms with Gasteiger partial charge in [-0.05, 0) is 26.0 Å². The van der Waals surface area contributed by atoms with Gasteiger partial charge in [0.15, 0.2) is 6.79 Å². The van der Waals surface area contributed by atoms with Crippen LogP contribution in [0.4, 0.5) is 0 Å². The van der Waals surface area contributed by atoms with E-state index in [1.165, 1.54) is 0 Å². The van der Waals surface area contributed by atoms with E-state index in [9.17, 15) is 5.11 Å². The van der Waals surface area contributed by atoms with Gasteiger partial charge < -0.3 is 14.6 Å². The molecule has 0 radical (unpaired) electrons. The molecule has 0 spiro atoms. The minimum atomic E-state index is -0.526. The van der Waals surface area contributed by atoms with E-state index in [1.807, 2.05) is 25.1 Å². The zero-order chi connectivity index (χ0) is 10.6. The average Bonchev–Trinajstić information content (AvgIpc) is 2.15. The molecule has 0 aromatic heterocycles.